The van der Waals surface area contributed by atoms with E-state index in [2.05, 4.69) is 49.1 Å². The summed E-state index contributed by atoms with van der Waals surface area (Å²) in [5, 5.41) is 4.44. The Labute approximate surface area is 127 Å². The molecule has 1 saturated heterocycles. The van der Waals surface area contributed by atoms with Crippen LogP contribution in [-0.2, 0) is 6.42 Å². The molecule has 1 fully saturated rings. The minimum Gasteiger partial charge on any atom is -0.496 e. The van der Waals surface area contributed by atoms with Gasteiger partial charge in [0, 0.05) is 11.3 Å². The highest BCUT2D eigenvalue weighted by molar-refractivity contribution is 8.00. The predicted molar refractivity (Wildman–Crippen MR) is 89.0 cm³/mol. The Bertz CT molecular complexity index is 415. The fraction of sp³-hybridized carbons (Fsp3) is 0.647. The van der Waals surface area contributed by atoms with E-state index in [4.69, 9.17) is 4.74 Å². The van der Waals surface area contributed by atoms with E-state index in [0.29, 0.717) is 6.04 Å². The molecule has 1 aliphatic heterocycles. The number of nitrogens with one attached hydrogen (secondary N) is 1. The highest BCUT2D eigenvalue weighted by Crippen LogP contribution is 2.30. The number of benzene rings is 1. The Morgan fingerprint density at radius 1 is 1.40 bits per heavy atom. The molecular formula is C17H27NOS. The smallest absolute Gasteiger partial charge is 0.122 e. The fourth-order valence-corrected chi connectivity index (χ4v) is 4.42. The van der Waals surface area contributed by atoms with Crippen LogP contribution in [-0.4, -0.2) is 30.7 Å². The van der Waals surface area contributed by atoms with Crippen molar-refractivity contribution in [3.8, 4) is 5.75 Å². The molecule has 0 amide bonds. The van der Waals surface area contributed by atoms with Gasteiger partial charge in [-0.05, 0) is 50.1 Å². The molecule has 2 atom stereocenters. The second-order valence-electron chi connectivity index (χ2n) is 5.59. The van der Waals surface area contributed by atoms with E-state index >= 15 is 0 Å². The van der Waals surface area contributed by atoms with Crippen LogP contribution in [0.4, 0.5) is 0 Å². The van der Waals surface area contributed by atoms with E-state index in [1.165, 1.54) is 36.1 Å². The summed E-state index contributed by atoms with van der Waals surface area (Å²) in [5.74, 6) is 2.34. The molecule has 1 aromatic carbocycles. The summed E-state index contributed by atoms with van der Waals surface area (Å²) in [4.78, 5) is 0. The third-order valence-corrected chi connectivity index (χ3v) is 5.52. The van der Waals surface area contributed by atoms with Gasteiger partial charge in [-0.15, -0.1) is 0 Å². The number of ether oxygens (including phenoxy) is 1. The van der Waals surface area contributed by atoms with Crippen molar-refractivity contribution in [2.24, 2.45) is 0 Å². The number of likely N-dealkylation sites (N-methyl/N-ethyl adjacent to an activating group) is 1. The van der Waals surface area contributed by atoms with Gasteiger partial charge in [-0.3, -0.25) is 0 Å². The van der Waals surface area contributed by atoms with E-state index in [1.807, 2.05) is 0 Å². The molecule has 20 heavy (non-hydrogen) atoms. The monoisotopic (exact) mass is 293 g/mol. The largest absolute Gasteiger partial charge is 0.496 e. The van der Waals surface area contributed by atoms with E-state index in [1.54, 1.807) is 7.11 Å². The van der Waals surface area contributed by atoms with Crippen LogP contribution in [0.5, 0.6) is 5.75 Å². The van der Waals surface area contributed by atoms with Crippen molar-refractivity contribution in [1.29, 1.82) is 0 Å². The second-order valence-corrected chi connectivity index (χ2v) is 6.94. The summed E-state index contributed by atoms with van der Waals surface area (Å²) < 4.78 is 5.53. The summed E-state index contributed by atoms with van der Waals surface area (Å²) in [6.07, 6.45) is 5.17. The highest BCUT2D eigenvalue weighted by atomic mass is 32.2. The lowest BCUT2D eigenvalue weighted by molar-refractivity contribution is 0.402. The first-order valence-corrected chi connectivity index (χ1v) is 8.78. The molecule has 0 radical (unpaired) electrons. The Hall–Kier alpha value is -0.670. The lowest BCUT2D eigenvalue weighted by Gasteiger charge is -2.31. The van der Waals surface area contributed by atoms with Crippen molar-refractivity contribution < 1.29 is 4.74 Å². The van der Waals surface area contributed by atoms with Crippen molar-refractivity contribution in [1.82, 2.24) is 5.32 Å². The molecule has 0 saturated carbocycles. The number of thioether (sulfide) groups is 1. The predicted octanol–water partition coefficient (Wildman–Crippen LogP) is 3.81. The molecule has 1 N–H and O–H groups in total. The molecular weight excluding hydrogens is 266 g/mol. The van der Waals surface area contributed by atoms with Crippen LogP contribution in [0.3, 0.4) is 0 Å². The molecule has 1 aromatic rings. The number of aryl methyl sites for hydroxylation is 1. The van der Waals surface area contributed by atoms with Crippen molar-refractivity contribution in [3.63, 3.8) is 0 Å². The van der Waals surface area contributed by atoms with Crippen molar-refractivity contribution in [3.05, 3.63) is 29.3 Å². The number of methoxy groups -OCH3 is 1. The van der Waals surface area contributed by atoms with E-state index < -0.39 is 0 Å². The zero-order chi connectivity index (χ0) is 14.4. The molecule has 1 aliphatic rings. The zero-order valence-corrected chi connectivity index (χ0v) is 13.8. The van der Waals surface area contributed by atoms with E-state index in [-0.39, 0.29) is 0 Å². The summed E-state index contributed by atoms with van der Waals surface area (Å²) >= 11 is 2.14. The highest BCUT2D eigenvalue weighted by Gasteiger charge is 2.24. The molecule has 0 aromatic heterocycles. The fourth-order valence-electron chi connectivity index (χ4n) is 2.98. The first kappa shape index (κ1) is 15.7. The zero-order valence-electron chi connectivity index (χ0n) is 12.9. The Morgan fingerprint density at radius 3 is 2.90 bits per heavy atom. The summed E-state index contributed by atoms with van der Waals surface area (Å²) in [6.45, 7) is 5.39. The second kappa shape index (κ2) is 7.94. The third-order valence-electron chi connectivity index (χ3n) is 4.01. The van der Waals surface area contributed by atoms with E-state index in [9.17, 15) is 0 Å². The maximum absolute atomic E-state index is 5.53. The topological polar surface area (TPSA) is 21.3 Å². The van der Waals surface area contributed by atoms with Crippen LogP contribution in [0.1, 0.15) is 37.3 Å². The summed E-state index contributed by atoms with van der Waals surface area (Å²) in [5.41, 5.74) is 2.65. The van der Waals surface area contributed by atoms with Crippen LogP contribution in [0, 0.1) is 6.92 Å². The Kier molecular flexibility index (Phi) is 6.24. The maximum Gasteiger partial charge on any atom is 0.122 e. The van der Waals surface area contributed by atoms with Crippen molar-refractivity contribution in [2.45, 2.75) is 50.8 Å². The van der Waals surface area contributed by atoms with Crippen molar-refractivity contribution >= 4 is 11.8 Å². The van der Waals surface area contributed by atoms with Gasteiger partial charge in [-0.2, -0.15) is 11.8 Å². The normalized spacial score (nSPS) is 20.6. The van der Waals surface area contributed by atoms with Gasteiger partial charge < -0.3 is 10.1 Å². The first-order valence-electron chi connectivity index (χ1n) is 7.73. The van der Waals surface area contributed by atoms with Gasteiger partial charge >= 0.3 is 0 Å². The third kappa shape index (κ3) is 4.16. The Balaban J connectivity index is 2.12. The van der Waals surface area contributed by atoms with Crippen LogP contribution in [0.15, 0.2) is 18.2 Å². The Morgan fingerprint density at radius 2 is 2.25 bits per heavy atom. The van der Waals surface area contributed by atoms with Gasteiger partial charge in [0.05, 0.1) is 7.11 Å². The lowest BCUT2D eigenvalue weighted by atomic mass is 9.97. The van der Waals surface area contributed by atoms with Gasteiger partial charge in [0.1, 0.15) is 5.75 Å². The van der Waals surface area contributed by atoms with Crippen LogP contribution in [0.2, 0.25) is 0 Å². The summed E-state index contributed by atoms with van der Waals surface area (Å²) in [7, 11) is 1.77. The minimum absolute atomic E-state index is 0.556. The molecule has 3 heteroatoms. The van der Waals surface area contributed by atoms with Crippen LogP contribution in [0.25, 0.3) is 0 Å². The van der Waals surface area contributed by atoms with Gasteiger partial charge in [-0.25, -0.2) is 0 Å². The molecule has 2 rings (SSSR count). The molecule has 1 heterocycles. The van der Waals surface area contributed by atoms with Gasteiger partial charge in [0.25, 0.3) is 0 Å². The van der Waals surface area contributed by atoms with Gasteiger partial charge in [-0.1, -0.05) is 31.0 Å². The number of hydrogen-bond donors (Lipinski definition) is 1. The van der Waals surface area contributed by atoms with Crippen LogP contribution < -0.4 is 10.1 Å². The minimum atomic E-state index is 0.556. The first-order chi connectivity index (χ1) is 9.74. The molecule has 0 aliphatic carbocycles. The average Bonchev–Trinajstić information content (AvgIpc) is 2.48. The number of rotatable bonds is 6. The number of hydrogen-bond acceptors (Lipinski definition) is 3. The molecule has 0 bridgehead atoms. The quantitative estimate of drug-likeness (QED) is 0.862. The molecule has 2 nitrogen and oxygen atoms in total. The summed E-state index contributed by atoms with van der Waals surface area (Å²) in [6, 6.07) is 7.05. The molecule has 112 valence electrons. The maximum atomic E-state index is 5.53. The standard InChI is InChI=1S/C17H27NOS/c1-4-18-15(17-7-5-6-10-20-17)12-14-11-13(2)8-9-16(14)19-3/h8-9,11,15,17-18H,4-7,10,12H2,1-3H3. The molecule has 2 unspecified atom stereocenters. The van der Waals surface area contributed by atoms with Gasteiger partial charge in [0.15, 0.2) is 0 Å². The average molecular weight is 293 g/mol. The molecule has 0 spiro atoms. The lowest BCUT2D eigenvalue weighted by Crippen LogP contribution is -2.41. The SMILES string of the molecule is CCNC(Cc1cc(C)ccc1OC)C1CCCCS1. The van der Waals surface area contributed by atoms with Crippen LogP contribution >= 0.6 is 11.8 Å². The van der Waals surface area contributed by atoms with Gasteiger partial charge in [0.2, 0.25) is 0 Å². The van der Waals surface area contributed by atoms with E-state index in [0.717, 1.165) is 24.0 Å². The van der Waals surface area contributed by atoms with Crippen molar-refractivity contribution in [2.75, 3.05) is 19.4 Å².